The molecule has 0 bridgehead atoms. The maximum Gasteiger partial charge on any atom is 0.326 e. The third kappa shape index (κ3) is 3.14. The molecule has 1 atom stereocenters. The number of nitrogens with one attached hydrogen (secondary N) is 2. The third-order valence-corrected chi connectivity index (χ3v) is 2.93. The number of carbonyl (C=O) groups is 1. The average Bonchev–Trinajstić information content (AvgIpc) is 2.37. The van der Waals surface area contributed by atoms with Crippen LogP contribution in [0.25, 0.3) is 10.9 Å². The van der Waals surface area contributed by atoms with Crippen molar-refractivity contribution in [1.82, 2.24) is 9.97 Å². The zero-order valence-electron chi connectivity index (χ0n) is 11.4. The predicted octanol–water partition coefficient (Wildman–Crippen LogP) is 1.83. The van der Waals surface area contributed by atoms with Crippen molar-refractivity contribution in [3.8, 4) is 0 Å². The van der Waals surface area contributed by atoms with E-state index < -0.39 is 12.0 Å². The molecule has 1 heterocycles. The molecule has 3 N–H and O–H groups in total. The lowest BCUT2D eigenvalue weighted by molar-refractivity contribution is -0.138. The van der Waals surface area contributed by atoms with Crippen molar-refractivity contribution < 1.29 is 9.90 Å². The summed E-state index contributed by atoms with van der Waals surface area (Å²) in [6, 6.07) is 6.15. The molecule has 0 saturated carbocycles. The second kappa shape index (κ2) is 5.73. The van der Waals surface area contributed by atoms with Gasteiger partial charge in [0.15, 0.2) is 0 Å². The van der Waals surface area contributed by atoms with Crippen LogP contribution in [0.3, 0.4) is 0 Å². The summed E-state index contributed by atoms with van der Waals surface area (Å²) < 4.78 is 0. The Balaban J connectivity index is 2.33. The minimum atomic E-state index is -0.963. The highest BCUT2D eigenvalue weighted by atomic mass is 16.4. The molecular formula is C14H17N3O3. The van der Waals surface area contributed by atoms with Crippen LogP contribution >= 0.6 is 0 Å². The van der Waals surface area contributed by atoms with Crippen molar-refractivity contribution in [2.24, 2.45) is 5.92 Å². The van der Waals surface area contributed by atoms with Gasteiger partial charge >= 0.3 is 5.97 Å². The molecule has 1 aromatic carbocycles. The van der Waals surface area contributed by atoms with Gasteiger partial charge in [0.2, 0.25) is 5.95 Å². The number of H-pyrrole nitrogens is 1. The van der Waals surface area contributed by atoms with Gasteiger partial charge in [0.1, 0.15) is 6.04 Å². The summed E-state index contributed by atoms with van der Waals surface area (Å²) in [6.07, 6.45) is 0.450. The van der Waals surface area contributed by atoms with Crippen LogP contribution in [0.2, 0.25) is 0 Å². The number of hydrogen-bond donors (Lipinski definition) is 3. The van der Waals surface area contributed by atoms with Gasteiger partial charge < -0.3 is 10.4 Å². The first-order valence-electron chi connectivity index (χ1n) is 6.45. The molecule has 0 spiro atoms. The molecule has 0 radical (unpaired) electrons. The molecule has 2 aromatic rings. The number of nitrogens with zero attached hydrogens (tertiary/aromatic N) is 1. The van der Waals surface area contributed by atoms with Crippen LogP contribution in [-0.4, -0.2) is 27.1 Å². The first kappa shape index (κ1) is 14.0. The number of aromatic amines is 1. The van der Waals surface area contributed by atoms with Crippen molar-refractivity contribution in [1.29, 1.82) is 0 Å². The second-order valence-electron chi connectivity index (χ2n) is 5.10. The van der Waals surface area contributed by atoms with E-state index in [0.717, 1.165) is 0 Å². The zero-order chi connectivity index (χ0) is 14.7. The maximum absolute atomic E-state index is 11.9. The highest BCUT2D eigenvalue weighted by Gasteiger charge is 2.19. The molecule has 2 rings (SSSR count). The molecule has 106 valence electrons. The topological polar surface area (TPSA) is 95.1 Å². The van der Waals surface area contributed by atoms with Crippen LogP contribution in [0, 0.1) is 5.92 Å². The SMILES string of the molecule is CC(C)C[C@@H](Nc1nc2ccccc2c(=O)[nH]1)C(=O)O. The summed E-state index contributed by atoms with van der Waals surface area (Å²) in [4.78, 5) is 29.9. The number of para-hydroxylation sites is 1. The van der Waals surface area contributed by atoms with E-state index >= 15 is 0 Å². The standard InChI is InChI=1S/C14H17N3O3/c1-8(2)7-11(13(19)20)16-14-15-10-6-4-3-5-9(10)12(18)17-14/h3-6,8,11H,7H2,1-2H3,(H,19,20)(H2,15,16,17,18)/t11-/m1/s1. The quantitative estimate of drug-likeness (QED) is 0.773. The minimum absolute atomic E-state index is 0.182. The number of benzene rings is 1. The highest BCUT2D eigenvalue weighted by Crippen LogP contribution is 2.12. The number of rotatable bonds is 5. The molecule has 6 nitrogen and oxygen atoms in total. The Morgan fingerprint density at radius 1 is 1.40 bits per heavy atom. The molecule has 0 aliphatic carbocycles. The molecule has 0 amide bonds. The van der Waals surface area contributed by atoms with Crippen LogP contribution in [0.4, 0.5) is 5.95 Å². The summed E-state index contributed by atoms with van der Waals surface area (Å²) in [5.41, 5.74) is 0.249. The van der Waals surface area contributed by atoms with Gasteiger partial charge in [-0.05, 0) is 24.5 Å². The first-order chi connectivity index (χ1) is 9.47. The van der Waals surface area contributed by atoms with Gasteiger partial charge in [0, 0.05) is 0 Å². The second-order valence-corrected chi connectivity index (χ2v) is 5.10. The van der Waals surface area contributed by atoms with Crippen molar-refractivity contribution in [2.75, 3.05) is 5.32 Å². The fourth-order valence-electron chi connectivity index (χ4n) is 2.01. The lowest BCUT2D eigenvalue weighted by Gasteiger charge is -2.16. The lowest BCUT2D eigenvalue weighted by Crippen LogP contribution is -2.32. The lowest BCUT2D eigenvalue weighted by atomic mass is 10.0. The monoisotopic (exact) mass is 275 g/mol. The van der Waals surface area contributed by atoms with Crippen LogP contribution in [0.1, 0.15) is 20.3 Å². The summed E-state index contributed by atoms with van der Waals surface area (Å²) in [6.45, 7) is 3.88. The predicted molar refractivity (Wildman–Crippen MR) is 76.9 cm³/mol. The summed E-state index contributed by atoms with van der Waals surface area (Å²) in [7, 11) is 0. The van der Waals surface area contributed by atoms with E-state index in [1.165, 1.54) is 0 Å². The third-order valence-electron chi connectivity index (χ3n) is 2.93. The number of fused-ring (bicyclic) bond motifs is 1. The van der Waals surface area contributed by atoms with Gasteiger partial charge in [-0.25, -0.2) is 9.78 Å². The van der Waals surface area contributed by atoms with Gasteiger partial charge in [0.05, 0.1) is 10.9 Å². The van der Waals surface area contributed by atoms with Crippen LogP contribution < -0.4 is 10.9 Å². The number of carboxylic acid groups (broad SMARTS) is 1. The molecule has 0 aliphatic heterocycles. The van der Waals surface area contributed by atoms with Crippen LogP contribution in [-0.2, 0) is 4.79 Å². The molecular weight excluding hydrogens is 258 g/mol. The Kier molecular flexibility index (Phi) is 4.02. The van der Waals surface area contributed by atoms with E-state index in [0.29, 0.717) is 17.3 Å². The molecule has 20 heavy (non-hydrogen) atoms. The number of aliphatic carboxylic acids is 1. The van der Waals surface area contributed by atoms with E-state index in [-0.39, 0.29) is 17.4 Å². The summed E-state index contributed by atoms with van der Waals surface area (Å²) >= 11 is 0. The molecule has 6 heteroatoms. The molecule has 0 saturated heterocycles. The number of anilines is 1. The van der Waals surface area contributed by atoms with Crippen molar-refractivity contribution in [3.63, 3.8) is 0 Å². The Labute approximate surface area is 115 Å². The molecule has 0 fully saturated rings. The average molecular weight is 275 g/mol. The van der Waals surface area contributed by atoms with Crippen molar-refractivity contribution in [2.45, 2.75) is 26.3 Å². The fourth-order valence-corrected chi connectivity index (χ4v) is 2.01. The summed E-state index contributed by atoms with van der Waals surface area (Å²) in [5.74, 6) is -0.563. The first-order valence-corrected chi connectivity index (χ1v) is 6.45. The Morgan fingerprint density at radius 3 is 2.75 bits per heavy atom. The molecule has 1 aromatic heterocycles. The maximum atomic E-state index is 11.9. The number of hydrogen-bond acceptors (Lipinski definition) is 4. The van der Waals surface area contributed by atoms with Crippen molar-refractivity contribution >= 4 is 22.8 Å². The van der Waals surface area contributed by atoms with E-state index in [2.05, 4.69) is 15.3 Å². The largest absolute Gasteiger partial charge is 0.480 e. The van der Waals surface area contributed by atoms with Crippen LogP contribution in [0.5, 0.6) is 0 Å². The van der Waals surface area contributed by atoms with Gasteiger partial charge in [-0.3, -0.25) is 9.78 Å². The van der Waals surface area contributed by atoms with E-state index in [1.807, 2.05) is 13.8 Å². The smallest absolute Gasteiger partial charge is 0.326 e. The van der Waals surface area contributed by atoms with Crippen molar-refractivity contribution in [3.05, 3.63) is 34.6 Å². The van der Waals surface area contributed by atoms with Gasteiger partial charge in [0.25, 0.3) is 5.56 Å². The number of aromatic nitrogens is 2. The van der Waals surface area contributed by atoms with Crippen LogP contribution in [0.15, 0.2) is 29.1 Å². The van der Waals surface area contributed by atoms with Gasteiger partial charge in [-0.1, -0.05) is 26.0 Å². The van der Waals surface area contributed by atoms with E-state index in [1.54, 1.807) is 24.3 Å². The van der Waals surface area contributed by atoms with E-state index in [4.69, 9.17) is 0 Å². The summed E-state index contributed by atoms with van der Waals surface area (Å²) in [5, 5.41) is 12.4. The fraction of sp³-hybridized carbons (Fsp3) is 0.357. The molecule has 0 aliphatic rings. The minimum Gasteiger partial charge on any atom is -0.480 e. The number of carboxylic acids is 1. The Morgan fingerprint density at radius 2 is 2.10 bits per heavy atom. The highest BCUT2D eigenvalue weighted by molar-refractivity contribution is 5.80. The van der Waals surface area contributed by atoms with Gasteiger partial charge in [-0.15, -0.1) is 0 Å². The zero-order valence-corrected chi connectivity index (χ0v) is 11.4. The normalized spacial score (nSPS) is 12.6. The van der Waals surface area contributed by atoms with E-state index in [9.17, 15) is 14.7 Å². The molecule has 0 unspecified atom stereocenters. The Hall–Kier alpha value is -2.37. The van der Waals surface area contributed by atoms with Gasteiger partial charge in [-0.2, -0.15) is 0 Å². The Bertz CT molecular complexity index is 679.